The number of amides is 1. The molecule has 1 aromatic carbocycles. The van der Waals surface area contributed by atoms with Crippen LogP contribution in [-0.4, -0.2) is 29.3 Å². The molecule has 0 aliphatic rings. The molecular formula is C11H16N2O3. The minimum absolute atomic E-state index is 0.00504. The van der Waals surface area contributed by atoms with Gasteiger partial charge in [0, 0.05) is 18.8 Å². The second kappa shape index (κ2) is 5.37. The molecule has 5 N–H and O–H groups in total. The van der Waals surface area contributed by atoms with Crippen molar-refractivity contribution in [3.05, 3.63) is 23.8 Å². The highest BCUT2D eigenvalue weighted by Gasteiger charge is 2.11. The van der Waals surface area contributed by atoms with Crippen LogP contribution in [0.3, 0.4) is 0 Å². The Kier molecular flexibility index (Phi) is 4.13. The van der Waals surface area contributed by atoms with Crippen molar-refractivity contribution in [2.75, 3.05) is 18.9 Å². The highest BCUT2D eigenvalue weighted by Crippen LogP contribution is 2.18. The van der Waals surface area contributed by atoms with E-state index >= 15 is 0 Å². The zero-order valence-electron chi connectivity index (χ0n) is 9.10. The van der Waals surface area contributed by atoms with Crippen molar-refractivity contribution < 1.29 is 15.0 Å². The van der Waals surface area contributed by atoms with Crippen LogP contribution in [0.5, 0.6) is 5.75 Å². The third-order valence-corrected chi connectivity index (χ3v) is 2.20. The summed E-state index contributed by atoms with van der Waals surface area (Å²) in [7, 11) is 0. The van der Waals surface area contributed by atoms with Crippen LogP contribution >= 0.6 is 0 Å². The number of carbonyl (C=O) groups is 1. The van der Waals surface area contributed by atoms with Gasteiger partial charge in [-0.05, 0) is 24.1 Å². The maximum atomic E-state index is 11.7. The van der Waals surface area contributed by atoms with Gasteiger partial charge in [-0.2, -0.15) is 0 Å². The molecule has 5 heteroatoms. The fourth-order valence-corrected chi connectivity index (χ4v) is 1.17. The lowest BCUT2D eigenvalue weighted by atomic mass is 10.1. The van der Waals surface area contributed by atoms with E-state index < -0.39 is 0 Å². The first-order chi connectivity index (χ1) is 7.54. The van der Waals surface area contributed by atoms with E-state index in [2.05, 4.69) is 5.32 Å². The minimum atomic E-state index is -0.353. The summed E-state index contributed by atoms with van der Waals surface area (Å²) in [6, 6.07) is 4.20. The summed E-state index contributed by atoms with van der Waals surface area (Å²) < 4.78 is 0. The van der Waals surface area contributed by atoms with Crippen molar-refractivity contribution in [1.29, 1.82) is 0 Å². The predicted molar refractivity (Wildman–Crippen MR) is 61.1 cm³/mol. The first-order valence-corrected chi connectivity index (χ1v) is 5.02. The highest BCUT2D eigenvalue weighted by molar-refractivity contribution is 5.99. The minimum Gasteiger partial charge on any atom is -0.508 e. The topological polar surface area (TPSA) is 95.6 Å². The van der Waals surface area contributed by atoms with Crippen LogP contribution < -0.4 is 11.1 Å². The molecular weight excluding hydrogens is 208 g/mol. The summed E-state index contributed by atoms with van der Waals surface area (Å²) in [5.74, 6) is -0.370. The molecule has 1 amide bonds. The largest absolute Gasteiger partial charge is 0.508 e. The molecule has 0 aliphatic heterocycles. The Morgan fingerprint density at radius 2 is 2.25 bits per heavy atom. The van der Waals surface area contributed by atoms with Crippen LogP contribution in [0.1, 0.15) is 17.3 Å². The zero-order valence-corrected chi connectivity index (χ0v) is 9.10. The fourth-order valence-electron chi connectivity index (χ4n) is 1.17. The number of nitrogens with one attached hydrogen (secondary N) is 1. The van der Waals surface area contributed by atoms with Gasteiger partial charge in [0.25, 0.3) is 5.91 Å². The van der Waals surface area contributed by atoms with Gasteiger partial charge in [-0.3, -0.25) is 4.79 Å². The average molecular weight is 224 g/mol. The van der Waals surface area contributed by atoms with Gasteiger partial charge in [0.1, 0.15) is 5.75 Å². The second-order valence-electron chi connectivity index (χ2n) is 3.77. The maximum Gasteiger partial charge on any atom is 0.253 e. The van der Waals surface area contributed by atoms with Gasteiger partial charge in [-0.1, -0.05) is 6.92 Å². The number of carbonyl (C=O) groups excluding carboxylic acids is 1. The Bertz CT molecular complexity index is 379. The Hall–Kier alpha value is -1.75. The number of aliphatic hydroxyl groups is 1. The van der Waals surface area contributed by atoms with Gasteiger partial charge in [0.05, 0.1) is 5.56 Å². The van der Waals surface area contributed by atoms with Gasteiger partial charge < -0.3 is 21.3 Å². The Morgan fingerprint density at radius 3 is 2.88 bits per heavy atom. The number of phenolic OH excluding ortho intramolecular Hbond substituents is 1. The van der Waals surface area contributed by atoms with Crippen molar-refractivity contribution in [2.45, 2.75) is 6.92 Å². The lowest BCUT2D eigenvalue weighted by Gasteiger charge is -2.11. The van der Waals surface area contributed by atoms with Crippen LogP contribution in [0.2, 0.25) is 0 Å². The molecule has 16 heavy (non-hydrogen) atoms. The third-order valence-electron chi connectivity index (χ3n) is 2.20. The van der Waals surface area contributed by atoms with Gasteiger partial charge in [-0.25, -0.2) is 0 Å². The Morgan fingerprint density at radius 1 is 1.56 bits per heavy atom. The van der Waals surface area contributed by atoms with Gasteiger partial charge in [0.15, 0.2) is 0 Å². The maximum absolute atomic E-state index is 11.7. The smallest absolute Gasteiger partial charge is 0.253 e. The first-order valence-electron chi connectivity index (χ1n) is 5.02. The molecule has 1 atom stereocenters. The van der Waals surface area contributed by atoms with Gasteiger partial charge in [-0.15, -0.1) is 0 Å². The first kappa shape index (κ1) is 12.3. The molecule has 0 radical (unpaired) electrons. The quantitative estimate of drug-likeness (QED) is 0.438. The normalized spacial score (nSPS) is 12.1. The van der Waals surface area contributed by atoms with Crippen molar-refractivity contribution in [2.24, 2.45) is 5.92 Å². The van der Waals surface area contributed by atoms with E-state index in [0.717, 1.165) is 0 Å². The van der Waals surface area contributed by atoms with Crippen LogP contribution in [0, 0.1) is 5.92 Å². The number of hydrogen-bond donors (Lipinski definition) is 4. The van der Waals surface area contributed by atoms with Crippen molar-refractivity contribution in [3.63, 3.8) is 0 Å². The van der Waals surface area contributed by atoms with E-state index in [1.807, 2.05) is 6.92 Å². The molecule has 0 spiro atoms. The monoisotopic (exact) mass is 224 g/mol. The van der Waals surface area contributed by atoms with E-state index in [1.54, 1.807) is 0 Å². The second-order valence-corrected chi connectivity index (χ2v) is 3.77. The number of nitrogens with two attached hydrogens (primary N) is 1. The van der Waals surface area contributed by atoms with Gasteiger partial charge in [0.2, 0.25) is 0 Å². The predicted octanol–water partition coefficient (Wildman–Crippen LogP) is 0.333. The molecule has 88 valence electrons. The molecule has 1 rings (SSSR count). The van der Waals surface area contributed by atoms with Crippen LogP contribution in [0.25, 0.3) is 0 Å². The molecule has 5 nitrogen and oxygen atoms in total. The molecule has 0 saturated carbocycles. The number of phenols is 1. The number of aromatic hydroxyl groups is 1. The van der Waals surface area contributed by atoms with Gasteiger partial charge >= 0.3 is 0 Å². The zero-order chi connectivity index (χ0) is 12.1. The number of nitrogen functional groups attached to an aromatic ring is 1. The van der Waals surface area contributed by atoms with Crippen molar-refractivity contribution in [1.82, 2.24) is 5.32 Å². The summed E-state index contributed by atoms with van der Waals surface area (Å²) in [5, 5.41) is 20.7. The lowest BCUT2D eigenvalue weighted by molar-refractivity contribution is 0.0943. The number of rotatable bonds is 4. The van der Waals surface area contributed by atoms with Crippen molar-refractivity contribution in [3.8, 4) is 5.75 Å². The summed E-state index contributed by atoms with van der Waals surface area (Å²) in [4.78, 5) is 11.7. The molecule has 0 saturated heterocycles. The molecule has 0 aromatic heterocycles. The fraction of sp³-hybridized carbons (Fsp3) is 0.364. The summed E-state index contributed by atoms with van der Waals surface area (Å²) in [6.07, 6.45) is 0. The summed E-state index contributed by atoms with van der Waals surface area (Å²) >= 11 is 0. The molecule has 0 bridgehead atoms. The molecule has 0 fully saturated rings. The van der Waals surface area contributed by atoms with E-state index in [4.69, 9.17) is 10.8 Å². The summed E-state index contributed by atoms with van der Waals surface area (Å²) in [6.45, 7) is 2.19. The number of aliphatic hydroxyl groups excluding tert-OH is 1. The summed E-state index contributed by atoms with van der Waals surface area (Å²) in [5.41, 5.74) is 6.16. The lowest BCUT2D eigenvalue weighted by Crippen LogP contribution is -2.30. The standard InChI is InChI=1S/C11H16N2O3/c1-7(6-14)5-13-11(16)9-4-8(15)2-3-10(9)12/h2-4,7,14-15H,5-6,12H2,1H3,(H,13,16). The van der Waals surface area contributed by atoms with E-state index in [9.17, 15) is 9.90 Å². The molecule has 0 heterocycles. The average Bonchev–Trinajstić information content (AvgIpc) is 2.28. The highest BCUT2D eigenvalue weighted by atomic mass is 16.3. The van der Waals surface area contributed by atoms with E-state index in [-0.39, 0.29) is 29.7 Å². The SMILES string of the molecule is CC(CO)CNC(=O)c1cc(O)ccc1N. The van der Waals surface area contributed by atoms with Crippen LogP contribution in [0.4, 0.5) is 5.69 Å². The number of hydrogen-bond acceptors (Lipinski definition) is 4. The molecule has 1 unspecified atom stereocenters. The van der Waals surface area contributed by atoms with Crippen molar-refractivity contribution >= 4 is 11.6 Å². The number of anilines is 1. The molecule has 0 aliphatic carbocycles. The van der Waals surface area contributed by atoms with Crippen LogP contribution in [-0.2, 0) is 0 Å². The Balaban J connectivity index is 2.69. The van der Waals surface area contributed by atoms with Crippen LogP contribution in [0.15, 0.2) is 18.2 Å². The molecule has 1 aromatic rings. The van der Waals surface area contributed by atoms with E-state index in [0.29, 0.717) is 12.2 Å². The number of benzene rings is 1. The third kappa shape index (κ3) is 3.13. The van der Waals surface area contributed by atoms with E-state index in [1.165, 1.54) is 18.2 Å². The Labute approximate surface area is 93.9 Å².